The van der Waals surface area contributed by atoms with Crippen molar-refractivity contribution >= 4 is 11.8 Å². The molecule has 0 saturated carbocycles. The number of nitrogens with one attached hydrogen (secondary N) is 2. The van der Waals surface area contributed by atoms with Gasteiger partial charge in [-0.3, -0.25) is 9.59 Å². The van der Waals surface area contributed by atoms with E-state index >= 15 is 0 Å². The van der Waals surface area contributed by atoms with Crippen LogP contribution >= 0.6 is 0 Å². The molecule has 6 heteroatoms. The van der Waals surface area contributed by atoms with E-state index in [0.29, 0.717) is 6.42 Å². The van der Waals surface area contributed by atoms with Crippen molar-refractivity contribution in [2.24, 2.45) is 0 Å². The van der Waals surface area contributed by atoms with Gasteiger partial charge in [-0.25, -0.2) is 0 Å². The van der Waals surface area contributed by atoms with Crippen LogP contribution < -0.4 is 10.6 Å². The number of hydrogen-bond donors (Lipinski definition) is 2. The molecule has 0 aromatic rings. The van der Waals surface area contributed by atoms with Crippen molar-refractivity contribution in [3.63, 3.8) is 0 Å². The molecule has 1 atom stereocenters. The minimum atomic E-state index is -0.0922. The van der Waals surface area contributed by atoms with Gasteiger partial charge in [-0.15, -0.1) is 0 Å². The fraction of sp³-hybridized carbons (Fsp3) is 0.833. The number of hydrogen-bond acceptors (Lipinski definition) is 4. The van der Waals surface area contributed by atoms with E-state index in [1.807, 2.05) is 0 Å². The Bertz CT molecular complexity index is 297. The normalized spacial score (nSPS) is 24.0. The zero-order valence-corrected chi connectivity index (χ0v) is 10.6. The minimum Gasteiger partial charge on any atom is -0.378 e. The Morgan fingerprint density at radius 2 is 2.11 bits per heavy atom. The van der Waals surface area contributed by atoms with Crippen LogP contribution in [-0.4, -0.2) is 62.1 Å². The highest BCUT2D eigenvalue weighted by Crippen LogP contribution is 2.14. The highest BCUT2D eigenvalue weighted by Gasteiger charge is 2.20. The summed E-state index contributed by atoms with van der Waals surface area (Å²) in [5.41, 5.74) is 0. The van der Waals surface area contributed by atoms with Gasteiger partial charge < -0.3 is 20.3 Å². The van der Waals surface area contributed by atoms with Crippen LogP contribution in [0.3, 0.4) is 0 Å². The van der Waals surface area contributed by atoms with E-state index in [4.69, 9.17) is 4.74 Å². The third-order valence-corrected chi connectivity index (χ3v) is 3.34. The summed E-state index contributed by atoms with van der Waals surface area (Å²) in [7, 11) is 0. The molecule has 2 aliphatic rings. The van der Waals surface area contributed by atoms with Crippen LogP contribution in [0.25, 0.3) is 0 Å². The Morgan fingerprint density at radius 3 is 2.78 bits per heavy atom. The number of ether oxygens (including phenoxy) is 1. The number of amides is 2. The molecule has 2 fully saturated rings. The summed E-state index contributed by atoms with van der Waals surface area (Å²) in [6, 6.07) is 0. The Balaban J connectivity index is 1.63. The molecular formula is C12H21N3O3. The molecule has 0 aromatic heterocycles. The quantitative estimate of drug-likeness (QED) is 0.683. The molecule has 2 rings (SSSR count). The number of rotatable bonds is 4. The summed E-state index contributed by atoms with van der Waals surface area (Å²) < 4.78 is 5.38. The molecule has 2 amide bonds. The lowest BCUT2D eigenvalue weighted by Crippen LogP contribution is -2.49. The molecule has 0 aliphatic carbocycles. The topological polar surface area (TPSA) is 70.7 Å². The van der Waals surface area contributed by atoms with Gasteiger partial charge in [-0.05, 0) is 12.8 Å². The van der Waals surface area contributed by atoms with Crippen LogP contribution in [0.1, 0.15) is 19.3 Å². The van der Waals surface area contributed by atoms with Gasteiger partial charge in [0.1, 0.15) is 0 Å². The lowest BCUT2D eigenvalue weighted by Gasteiger charge is -2.27. The molecular weight excluding hydrogens is 234 g/mol. The Hall–Kier alpha value is -1.14. The Labute approximate surface area is 107 Å². The zero-order chi connectivity index (χ0) is 12.8. The fourth-order valence-electron chi connectivity index (χ4n) is 2.28. The molecule has 0 spiro atoms. The van der Waals surface area contributed by atoms with Gasteiger partial charge in [0, 0.05) is 32.8 Å². The van der Waals surface area contributed by atoms with Crippen molar-refractivity contribution in [1.29, 1.82) is 0 Å². The molecule has 102 valence electrons. The van der Waals surface area contributed by atoms with Gasteiger partial charge in [0.2, 0.25) is 11.8 Å². The van der Waals surface area contributed by atoms with E-state index in [1.54, 1.807) is 4.90 Å². The molecule has 0 bridgehead atoms. The molecule has 2 N–H and O–H groups in total. The first-order valence-electron chi connectivity index (χ1n) is 6.62. The zero-order valence-electron chi connectivity index (χ0n) is 10.6. The number of carbonyl (C=O) groups excluding carboxylic acids is 2. The summed E-state index contributed by atoms with van der Waals surface area (Å²) >= 11 is 0. The van der Waals surface area contributed by atoms with Crippen molar-refractivity contribution < 1.29 is 14.3 Å². The lowest BCUT2D eigenvalue weighted by molar-refractivity contribution is -0.133. The van der Waals surface area contributed by atoms with Crippen LogP contribution in [0, 0.1) is 0 Å². The number of nitrogens with zero attached hydrogens (tertiary/aromatic N) is 1. The summed E-state index contributed by atoms with van der Waals surface area (Å²) in [4.78, 5) is 25.2. The average molecular weight is 255 g/mol. The highest BCUT2D eigenvalue weighted by molar-refractivity contribution is 5.85. The summed E-state index contributed by atoms with van der Waals surface area (Å²) in [6.45, 7) is 3.95. The SMILES string of the molecule is O=C(CC1CCCO1)NCC(=O)N1CCNCC1. The third kappa shape index (κ3) is 3.96. The summed E-state index contributed by atoms with van der Waals surface area (Å²) in [5.74, 6) is -0.0948. The maximum absolute atomic E-state index is 11.8. The van der Waals surface area contributed by atoms with Gasteiger partial charge in [0.25, 0.3) is 0 Å². The molecule has 2 heterocycles. The standard InChI is InChI=1S/C12H21N3O3/c16-11(8-10-2-1-7-18-10)14-9-12(17)15-5-3-13-4-6-15/h10,13H,1-9H2,(H,14,16). The predicted molar refractivity (Wildman–Crippen MR) is 66.1 cm³/mol. The first-order valence-corrected chi connectivity index (χ1v) is 6.62. The van der Waals surface area contributed by atoms with Crippen LogP contribution in [0.15, 0.2) is 0 Å². The van der Waals surface area contributed by atoms with Gasteiger partial charge >= 0.3 is 0 Å². The lowest BCUT2D eigenvalue weighted by atomic mass is 10.2. The Kier molecular flexibility index (Phi) is 4.95. The van der Waals surface area contributed by atoms with Crippen molar-refractivity contribution in [3.8, 4) is 0 Å². The van der Waals surface area contributed by atoms with Gasteiger partial charge in [0.05, 0.1) is 19.1 Å². The first-order chi connectivity index (χ1) is 8.75. The minimum absolute atomic E-state index is 0.00260. The third-order valence-electron chi connectivity index (χ3n) is 3.34. The van der Waals surface area contributed by atoms with Crippen molar-refractivity contribution in [3.05, 3.63) is 0 Å². The van der Waals surface area contributed by atoms with Crippen LogP contribution in [-0.2, 0) is 14.3 Å². The second kappa shape index (κ2) is 6.70. The predicted octanol–water partition coefficient (Wildman–Crippen LogP) is -0.896. The average Bonchev–Trinajstić information content (AvgIpc) is 2.90. The fourth-order valence-corrected chi connectivity index (χ4v) is 2.28. The second-order valence-electron chi connectivity index (χ2n) is 4.75. The van der Waals surface area contributed by atoms with Crippen LogP contribution in [0.4, 0.5) is 0 Å². The molecule has 2 saturated heterocycles. The summed E-state index contributed by atoms with van der Waals surface area (Å²) in [5, 5.41) is 5.86. The first kappa shape index (κ1) is 13.3. The molecule has 2 aliphatic heterocycles. The van der Waals surface area contributed by atoms with Gasteiger partial charge in [-0.2, -0.15) is 0 Å². The van der Waals surface area contributed by atoms with E-state index in [9.17, 15) is 9.59 Å². The molecule has 6 nitrogen and oxygen atoms in total. The maximum Gasteiger partial charge on any atom is 0.242 e. The monoisotopic (exact) mass is 255 g/mol. The van der Waals surface area contributed by atoms with Crippen molar-refractivity contribution in [2.75, 3.05) is 39.3 Å². The second-order valence-corrected chi connectivity index (χ2v) is 4.75. The van der Waals surface area contributed by atoms with E-state index in [1.165, 1.54) is 0 Å². The van der Waals surface area contributed by atoms with E-state index < -0.39 is 0 Å². The van der Waals surface area contributed by atoms with E-state index in [0.717, 1.165) is 45.6 Å². The highest BCUT2D eigenvalue weighted by atomic mass is 16.5. The van der Waals surface area contributed by atoms with E-state index in [2.05, 4.69) is 10.6 Å². The number of carbonyl (C=O) groups is 2. The van der Waals surface area contributed by atoms with E-state index in [-0.39, 0.29) is 24.5 Å². The van der Waals surface area contributed by atoms with Gasteiger partial charge in [-0.1, -0.05) is 0 Å². The van der Waals surface area contributed by atoms with Crippen molar-refractivity contribution in [1.82, 2.24) is 15.5 Å². The van der Waals surface area contributed by atoms with Crippen LogP contribution in [0.5, 0.6) is 0 Å². The van der Waals surface area contributed by atoms with Gasteiger partial charge in [0.15, 0.2) is 0 Å². The van der Waals surface area contributed by atoms with Crippen molar-refractivity contribution in [2.45, 2.75) is 25.4 Å². The molecule has 0 radical (unpaired) electrons. The van der Waals surface area contributed by atoms with Crippen LogP contribution in [0.2, 0.25) is 0 Å². The molecule has 0 aromatic carbocycles. The number of piperazine rings is 1. The molecule has 18 heavy (non-hydrogen) atoms. The summed E-state index contributed by atoms with van der Waals surface area (Å²) in [6.07, 6.45) is 2.38. The Morgan fingerprint density at radius 1 is 1.33 bits per heavy atom. The molecule has 1 unspecified atom stereocenters. The largest absolute Gasteiger partial charge is 0.378 e. The smallest absolute Gasteiger partial charge is 0.242 e. The maximum atomic E-state index is 11.8.